The molecule has 22 heavy (non-hydrogen) atoms. The standard InChI is InChI=1S/C14H28N4O2S.HI/c1-3-14(6-4-7-14)12-17-13(15-2)16-8-10-18-9-5-11-21(18,19)20;/h3-12H2,1-2H3,(H2,15,16,17);1H. The Morgan fingerprint density at radius 3 is 2.45 bits per heavy atom. The van der Waals surface area contributed by atoms with Crippen molar-refractivity contribution in [3.63, 3.8) is 0 Å². The van der Waals surface area contributed by atoms with E-state index in [1.807, 2.05) is 0 Å². The van der Waals surface area contributed by atoms with Crippen LogP contribution in [0.1, 0.15) is 39.0 Å². The van der Waals surface area contributed by atoms with Crippen molar-refractivity contribution >= 4 is 40.0 Å². The van der Waals surface area contributed by atoms with Crippen molar-refractivity contribution in [2.75, 3.05) is 39.0 Å². The smallest absolute Gasteiger partial charge is 0.214 e. The van der Waals surface area contributed by atoms with Crippen LogP contribution < -0.4 is 10.6 Å². The molecule has 1 aliphatic heterocycles. The van der Waals surface area contributed by atoms with Gasteiger partial charge in [0.1, 0.15) is 0 Å². The molecule has 130 valence electrons. The van der Waals surface area contributed by atoms with E-state index in [0.29, 0.717) is 30.8 Å². The van der Waals surface area contributed by atoms with Gasteiger partial charge in [-0.05, 0) is 31.1 Å². The maximum Gasteiger partial charge on any atom is 0.214 e. The van der Waals surface area contributed by atoms with Gasteiger partial charge in [0.15, 0.2) is 5.96 Å². The van der Waals surface area contributed by atoms with Crippen LogP contribution in [0, 0.1) is 5.41 Å². The van der Waals surface area contributed by atoms with Crippen LogP contribution in [0.15, 0.2) is 4.99 Å². The van der Waals surface area contributed by atoms with Crippen LogP contribution in [-0.2, 0) is 10.0 Å². The second kappa shape index (κ2) is 8.68. The zero-order chi connectivity index (χ0) is 15.3. The highest BCUT2D eigenvalue weighted by atomic mass is 127. The first kappa shape index (κ1) is 20.0. The van der Waals surface area contributed by atoms with E-state index in [1.54, 1.807) is 11.4 Å². The van der Waals surface area contributed by atoms with Crippen molar-refractivity contribution in [2.24, 2.45) is 10.4 Å². The predicted octanol–water partition coefficient (Wildman–Crippen LogP) is 1.39. The van der Waals surface area contributed by atoms with Crippen LogP contribution in [0.25, 0.3) is 0 Å². The molecule has 1 aliphatic carbocycles. The van der Waals surface area contributed by atoms with Gasteiger partial charge in [-0.3, -0.25) is 4.99 Å². The summed E-state index contributed by atoms with van der Waals surface area (Å²) in [6.07, 6.45) is 5.85. The Morgan fingerprint density at radius 2 is 2.00 bits per heavy atom. The van der Waals surface area contributed by atoms with Gasteiger partial charge in [-0.25, -0.2) is 12.7 Å². The lowest BCUT2D eigenvalue weighted by molar-refractivity contribution is 0.131. The molecule has 2 rings (SSSR count). The van der Waals surface area contributed by atoms with Crippen LogP contribution in [0.5, 0.6) is 0 Å². The number of nitrogens with one attached hydrogen (secondary N) is 2. The molecule has 0 aromatic carbocycles. The largest absolute Gasteiger partial charge is 0.356 e. The Kier molecular flexibility index (Phi) is 7.87. The van der Waals surface area contributed by atoms with Gasteiger partial charge in [-0.2, -0.15) is 0 Å². The molecular weight excluding hydrogens is 415 g/mol. The maximum atomic E-state index is 11.7. The number of guanidine groups is 1. The second-order valence-electron chi connectivity index (χ2n) is 6.13. The fourth-order valence-electron chi connectivity index (χ4n) is 3.07. The molecule has 0 aromatic heterocycles. The lowest BCUT2D eigenvalue weighted by atomic mass is 9.67. The molecule has 2 fully saturated rings. The molecule has 2 aliphatic rings. The van der Waals surface area contributed by atoms with E-state index >= 15 is 0 Å². The van der Waals surface area contributed by atoms with Gasteiger partial charge in [0.2, 0.25) is 10.0 Å². The van der Waals surface area contributed by atoms with E-state index in [4.69, 9.17) is 0 Å². The number of halogens is 1. The highest BCUT2D eigenvalue weighted by Gasteiger charge is 2.35. The number of hydrogen-bond donors (Lipinski definition) is 2. The number of sulfonamides is 1. The Hall–Kier alpha value is -0.0900. The maximum absolute atomic E-state index is 11.7. The third-order valence-electron chi connectivity index (χ3n) is 4.88. The quantitative estimate of drug-likeness (QED) is 0.369. The minimum absolute atomic E-state index is 0. The van der Waals surface area contributed by atoms with Crippen molar-refractivity contribution in [1.29, 1.82) is 0 Å². The molecule has 0 atom stereocenters. The van der Waals surface area contributed by atoms with E-state index < -0.39 is 10.0 Å². The molecule has 0 spiro atoms. The first-order valence-electron chi connectivity index (χ1n) is 7.94. The van der Waals surface area contributed by atoms with Gasteiger partial charge in [-0.15, -0.1) is 24.0 Å². The molecule has 1 saturated carbocycles. The van der Waals surface area contributed by atoms with Crippen molar-refractivity contribution in [3.8, 4) is 0 Å². The molecule has 0 radical (unpaired) electrons. The van der Waals surface area contributed by atoms with Crippen LogP contribution in [0.2, 0.25) is 0 Å². The van der Waals surface area contributed by atoms with Crippen LogP contribution in [0.3, 0.4) is 0 Å². The van der Waals surface area contributed by atoms with E-state index in [-0.39, 0.29) is 24.0 Å². The molecule has 6 nitrogen and oxygen atoms in total. The van der Waals surface area contributed by atoms with Crippen LogP contribution in [-0.4, -0.2) is 57.7 Å². The van der Waals surface area contributed by atoms with Gasteiger partial charge in [-0.1, -0.05) is 13.3 Å². The molecule has 0 unspecified atom stereocenters. The van der Waals surface area contributed by atoms with Crippen molar-refractivity contribution < 1.29 is 8.42 Å². The zero-order valence-electron chi connectivity index (χ0n) is 13.6. The summed E-state index contributed by atoms with van der Waals surface area (Å²) in [5, 5.41) is 6.59. The number of rotatable bonds is 6. The first-order valence-corrected chi connectivity index (χ1v) is 9.55. The number of aliphatic imine (C=N–C) groups is 1. The summed E-state index contributed by atoms with van der Waals surface area (Å²) in [6, 6.07) is 0. The van der Waals surface area contributed by atoms with E-state index in [2.05, 4.69) is 22.5 Å². The molecular formula is C14H29IN4O2S. The fourth-order valence-corrected chi connectivity index (χ4v) is 4.59. The van der Waals surface area contributed by atoms with Crippen LogP contribution in [0.4, 0.5) is 0 Å². The minimum Gasteiger partial charge on any atom is -0.356 e. The summed E-state index contributed by atoms with van der Waals surface area (Å²) in [5.41, 5.74) is 0.440. The van der Waals surface area contributed by atoms with Crippen LogP contribution >= 0.6 is 24.0 Å². The highest BCUT2D eigenvalue weighted by Crippen LogP contribution is 2.42. The average molecular weight is 444 g/mol. The van der Waals surface area contributed by atoms with Gasteiger partial charge < -0.3 is 10.6 Å². The van der Waals surface area contributed by atoms with E-state index in [0.717, 1.165) is 18.9 Å². The molecule has 2 N–H and O–H groups in total. The monoisotopic (exact) mass is 444 g/mol. The van der Waals surface area contributed by atoms with E-state index in [1.165, 1.54) is 25.7 Å². The molecule has 8 heteroatoms. The molecule has 1 heterocycles. The minimum atomic E-state index is -2.99. The highest BCUT2D eigenvalue weighted by molar-refractivity contribution is 14.0. The Labute approximate surface area is 151 Å². The summed E-state index contributed by atoms with van der Waals surface area (Å²) in [5.74, 6) is 1.06. The Bertz CT molecular complexity index is 472. The topological polar surface area (TPSA) is 73.8 Å². The lowest BCUT2D eigenvalue weighted by Crippen LogP contribution is -2.47. The molecule has 0 amide bonds. The fraction of sp³-hybridized carbons (Fsp3) is 0.929. The second-order valence-corrected chi connectivity index (χ2v) is 8.22. The van der Waals surface area contributed by atoms with Crippen molar-refractivity contribution in [1.82, 2.24) is 14.9 Å². The van der Waals surface area contributed by atoms with Gasteiger partial charge in [0.05, 0.1) is 5.75 Å². The van der Waals surface area contributed by atoms with Gasteiger partial charge in [0, 0.05) is 33.2 Å². The van der Waals surface area contributed by atoms with E-state index in [9.17, 15) is 8.42 Å². The summed E-state index contributed by atoms with van der Waals surface area (Å²) < 4.78 is 25.0. The third kappa shape index (κ3) is 4.95. The summed E-state index contributed by atoms with van der Waals surface area (Å²) >= 11 is 0. The Morgan fingerprint density at radius 1 is 1.27 bits per heavy atom. The first-order chi connectivity index (χ1) is 10.0. The summed E-state index contributed by atoms with van der Waals surface area (Å²) in [6.45, 7) is 4.95. The molecule has 0 aromatic rings. The Balaban J connectivity index is 0.00000242. The molecule has 0 bridgehead atoms. The predicted molar refractivity (Wildman–Crippen MR) is 101 cm³/mol. The normalized spacial score (nSPS) is 23.5. The summed E-state index contributed by atoms with van der Waals surface area (Å²) in [7, 11) is -1.24. The van der Waals surface area contributed by atoms with Gasteiger partial charge >= 0.3 is 0 Å². The van der Waals surface area contributed by atoms with Gasteiger partial charge in [0.25, 0.3) is 0 Å². The number of hydrogen-bond acceptors (Lipinski definition) is 3. The third-order valence-corrected chi connectivity index (χ3v) is 6.83. The van der Waals surface area contributed by atoms with Crippen molar-refractivity contribution in [3.05, 3.63) is 0 Å². The van der Waals surface area contributed by atoms with Crippen molar-refractivity contribution in [2.45, 2.75) is 39.0 Å². The zero-order valence-corrected chi connectivity index (χ0v) is 16.7. The number of nitrogens with zero attached hydrogens (tertiary/aromatic N) is 2. The average Bonchev–Trinajstić information content (AvgIpc) is 2.75. The lowest BCUT2D eigenvalue weighted by Gasteiger charge is -2.41. The SMILES string of the molecule is CCC1(CNC(=NC)NCCN2CCCS2(=O)=O)CCC1.I. The molecule has 1 saturated heterocycles. The summed E-state index contributed by atoms with van der Waals surface area (Å²) in [4.78, 5) is 4.21.